The van der Waals surface area contributed by atoms with Crippen molar-refractivity contribution in [3.63, 3.8) is 0 Å². The average molecular weight is 255 g/mol. The second kappa shape index (κ2) is 5.17. The van der Waals surface area contributed by atoms with Gasteiger partial charge in [-0.2, -0.15) is 0 Å². The Kier molecular flexibility index (Phi) is 3.38. The highest BCUT2D eigenvalue weighted by Crippen LogP contribution is 2.35. The monoisotopic (exact) mass is 255 g/mol. The van der Waals surface area contributed by atoms with Gasteiger partial charge in [0.15, 0.2) is 0 Å². The second-order valence-electron chi connectivity index (χ2n) is 5.46. The number of imidazole rings is 1. The SMILES string of the molecule is CCC1CC1NC(C)c1ccc(-n2ccnc2)cc1. The lowest BCUT2D eigenvalue weighted by atomic mass is 10.1. The third-order valence-corrected chi connectivity index (χ3v) is 4.11. The summed E-state index contributed by atoms with van der Waals surface area (Å²) in [6, 6.07) is 9.87. The molecule has 100 valence electrons. The molecule has 1 N–H and O–H groups in total. The van der Waals surface area contributed by atoms with Crippen molar-refractivity contribution in [1.29, 1.82) is 0 Å². The molecule has 1 saturated carbocycles. The molecule has 0 spiro atoms. The lowest BCUT2D eigenvalue weighted by Gasteiger charge is -2.15. The van der Waals surface area contributed by atoms with Crippen LogP contribution in [0.4, 0.5) is 0 Å². The van der Waals surface area contributed by atoms with Crippen LogP contribution in [0.15, 0.2) is 43.0 Å². The molecule has 1 fully saturated rings. The summed E-state index contributed by atoms with van der Waals surface area (Å²) in [5.41, 5.74) is 2.51. The first-order valence-electron chi connectivity index (χ1n) is 7.12. The van der Waals surface area contributed by atoms with Gasteiger partial charge in [-0.1, -0.05) is 25.5 Å². The van der Waals surface area contributed by atoms with E-state index in [-0.39, 0.29) is 0 Å². The van der Waals surface area contributed by atoms with E-state index in [9.17, 15) is 0 Å². The van der Waals surface area contributed by atoms with Gasteiger partial charge in [-0.25, -0.2) is 4.98 Å². The Morgan fingerprint density at radius 3 is 2.74 bits per heavy atom. The Hall–Kier alpha value is -1.61. The highest BCUT2D eigenvalue weighted by Gasteiger charge is 2.35. The standard InChI is InChI=1S/C16H21N3/c1-3-13-10-16(13)18-12(2)14-4-6-15(7-5-14)19-9-8-17-11-19/h4-9,11-13,16,18H,3,10H2,1-2H3. The Morgan fingerprint density at radius 1 is 1.37 bits per heavy atom. The van der Waals surface area contributed by atoms with Crippen molar-refractivity contribution in [2.24, 2.45) is 5.92 Å². The average Bonchev–Trinajstić information content (AvgIpc) is 2.97. The number of aromatic nitrogens is 2. The van der Waals surface area contributed by atoms with Crippen LogP contribution in [0.3, 0.4) is 0 Å². The molecule has 1 aromatic carbocycles. The Bertz CT molecular complexity index is 515. The largest absolute Gasteiger partial charge is 0.307 e. The van der Waals surface area contributed by atoms with Gasteiger partial charge in [0, 0.05) is 30.2 Å². The van der Waals surface area contributed by atoms with E-state index in [1.807, 2.05) is 17.1 Å². The van der Waals surface area contributed by atoms with E-state index in [1.165, 1.54) is 18.4 Å². The van der Waals surface area contributed by atoms with Gasteiger partial charge in [-0.15, -0.1) is 0 Å². The van der Waals surface area contributed by atoms with Crippen molar-refractivity contribution >= 4 is 0 Å². The molecule has 3 rings (SSSR count). The molecule has 0 amide bonds. The molecular weight excluding hydrogens is 234 g/mol. The summed E-state index contributed by atoms with van der Waals surface area (Å²) in [5, 5.41) is 3.71. The van der Waals surface area contributed by atoms with Crippen molar-refractivity contribution in [3.8, 4) is 5.69 Å². The van der Waals surface area contributed by atoms with Gasteiger partial charge in [-0.05, 0) is 37.0 Å². The predicted molar refractivity (Wildman–Crippen MR) is 77.3 cm³/mol. The van der Waals surface area contributed by atoms with E-state index in [4.69, 9.17) is 0 Å². The third kappa shape index (κ3) is 2.71. The van der Waals surface area contributed by atoms with Crippen LogP contribution in [0.25, 0.3) is 5.69 Å². The van der Waals surface area contributed by atoms with E-state index >= 15 is 0 Å². The van der Waals surface area contributed by atoms with Crippen molar-refractivity contribution in [2.45, 2.75) is 38.8 Å². The van der Waals surface area contributed by atoms with Crippen LogP contribution < -0.4 is 5.32 Å². The zero-order chi connectivity index (χ0) is 13.2. The van der Waals surface area contributed by atoms with Crippen LogP contribution in [0.5, 0.6) is 0 Å². The van der Waals surface area contributed by atoms with E-state index in [2.05, 4.69) is 48.4 Å². The normalized spacial score (nSPS) is 23.3. The molecule has 0 radical (unpaired) electrons. The van der Waals surface area contributed by atoms with E-state index in [0.29, 0.717) is 6.04 Å². The first-order chi connectivity index (χ1) is 9.28. The smallest absolute Gasteiger partial charge is 0.0991 e. The maximum absolute atomic E-state index is 4.07. The number of nitrogens with zero attached hydrogens (tertiary/aromatic N) is 2. The molecule has 2 aromatic rings. The quantitative estimate of drug-likeness (QED) is 0.888. The fourth-order valence-electron chi connectivity index (χ4n) is 2.67. The summed E-state index contributed by atoms with van der Waals surface area (Å²) in [5.74, 6) is 0.896. The number of hydrogen-bond acceptors (Lipinski definition) is 2. The number of nitrogens with one attached hydrogen (secondary N) is 1. The van der Waals surface area contributed by atoms with Crippen LogP contribution in [0, 0.1) is 5.92 Å². The van der Waals surface area contributed by atoms with Crippen LogP contribution in [-0.4, -0.2) is 15.6 Å². The highest BCUT2D eigenvalue weighted by molar-refractivity contribution is 5.35. The minimum Gasteiger partial charge on any atom is -0.307 e. The number of rotatable bonds is 5. The fourth-order valence-corrected chi connectivity index (χ4v) is 2.67. The number of benzene rings is 1. The van der Waals surface area contributed by atoms with Gasteiger partial charge >= 0.3 is 0 Å². The molecule has 3 unspecified atom stereocenters. The van der Waals surface area contributed by atoms with Crippen LogP contribution in [0.1, 0.15) is 38.3 Å². The maximum Gasteiger partial charge on any atom is 0.0991 e. The summed E-state index contributed by atoms with van der Waals surface area (Å²) in [7, 11) is 0. The maximum atomic E-state index is 4.07. The van der Waals surface area contributed by atoms with Gasteiger partial charge < -0.3 is 9.88 Å². The lowest BCUT2D eigenvalue weighted by Crippen LogP contribution is -2.22. The predicted octanol–water partition coefficient (Wildman–Crippen LogP) is 3.32. The zero-order valence-corrected chi connectivity index (χ0v) is 11.6. The molecule has 19 heavy (non-hydrogen) atoms. The van der Waals surface area contributed by atoms with Gasteiger partial charge in [0.1, 0.15) is 0 Å². The first kappa shape index (κ1) is 12.4. The highest BCUT2D eigenvalue weighted by atomic mass is 15.0. The Labute approximate surface area is 114 Å². The molecule has 1 aliphatic rings. The van der Waals surface area contributed by atoms with Crippen molar-refractivity contribution in [1.82, 2.24) is 14.9 Å². The topological polar surface area (TPSA) is 29.9 Å². The van der Waals surface area contributed by atoms with Crippen molar-refractivity contribution < 1.29 is 0 Å². The van der Waals surface area contributed by atoms with Gasteiger partial charge in [0.25, 0.3) is 0 Å². The Balaban J connectivity index is 1.65. The third-order valence-electron chi connectivity index (χ3n) is 4.11. The van der Waals surface area contributed by atoms with Crippen LogP contribution in [-0.2, 0) is 0 Å². The fraction of sp³-hybridized carbons (Fsp3) is 0.438. The van der Waals surface area contributed by atoms with E-state index in [0.717, 1.165) is 17.6 Å². The molecule has 1 aromatic heterocycles. The summed E-state index contributed by atoms with van der Waals surface area (Å²) in [6.07, 6.45) is 8.23. The molecule has 3 atom stereocenters. The molecule has 1 heterocycles. The number of hydrogen-bond donors (Lipinski definition) is 1. The van der Waals surface area contributed by atoms with E-state index < -0.39 is 0 Å². The summed E-state index contributed by atoms with van der Waals surface area (Å²) < 4.78 is 2.02. The van der Waals surface area contributed by atoms with Gasteiger partial charge in [0.05, 0.1) is 6.33 Å². The molecule has 0 aliphatic heterocycles. The van der Waals surface area contributed by atoms with Crippen molar-refractivity contribution in [2.75, 3.05) is 0 Å². The minimum absolute atomic E-state index is 0.429. The van der Waals surface area contributed by atoms with Crippen LogP contribution >= 0.6 is 0 Å². The summed E-state index contributed by atoms with van der Waals surface area (Å²) in [4.78, 5) is 4.07. The van der Waals surface area contributed by atoms with Crippen LogP contribution in [0.2, 0.25) is 0 Å². The molecular formula is C16H21N3. The summed E-state index contributed by atoms with van der Waals surface area (Å²) >= 11 is 0. The molecule has 1 aliphatic carbocycles. The van der Waals surface area contributed by atoms with Crippen molar-refractivity contribution in [3.05, 3.63) is 48.5 Å². The van der Waals surface area contributed by atoms with Gasteiger partial charge in [-0.3, -0.25) is 0 Å². The Morgan fingerprint density at radius 2 is 2.16 bits per heavy atom. The minimum atomic E-state index is 0.429. The van der Waals surface area contributed by atoms with E-state index in [1.54, 1.807) is 6.20 Å². The summed E-state index contributed by atoms with van der Waals surface area (Å²) in [6.45, 7) is 4.52. The molecule has 3 nitrogen and oxygen atoms in total. The molecule has 3 heteroatoms. The second-order valence-corrected chi connectivity index (χ2v) is 5.46. The first-order valence-corrected chi connectivity index (χ1v) is 7.12. The molecule has 0 saturated heterocycles. The zero-order valence-electron chi connectivity index (χ0n) is 11.6. The molecule has 0 bridgehead atoms. The lowest BCUT2D eigenvalue weighted by molar-refractivity contribution is 0.539. The van der Waals surface area contributed by atoms with Gasteiger partial charge in [0.2, 0.25) is 0 Å².